The van der Waals surface area contributed by atoms with Crippen molar-refractivity contribution >= 4 is 86.6 Å². The summed E-state index contributed by atoms with van der Waals surface area (Å²) in [5.41, 5.74) is 28.6. The zero-order valence-corrected chi connectivity index (χ0v) is 40.8. The predicted molar refractivity (Wildman–Crippen MR) is 258 cm³/mol. The van der Waals surface area contributed by atoms with Crippen molar-refractivity contribution < 1.29 is 57.8 Å². The van der Waals surface area contributed by atoms with Gasteiger partial charge in [0.15, 0.2) is 0 Å². The van der Waals surface area contributed by atoms with Crippen molar-refractivity contribution in [1.82, 2.24) is 42.1 Å². The molecule has 0 aliphatic carbocycles. The van der Waals surface area contributed by atoms with Crippen molar-refractivity contribution in [3.63, 3.8) is 0 Å². The lowest BCUT2D eigenvalue weighted by Crippen LogP contribution is -2.61. The predicted octanol–water partition coefficient (Wildman–Crippen LogP) is -4.53. The van der Waals surface area contributed by atoms with Crippen LogP contribution in [0.15, 0.2) is 24.3 Å². The van der Waals surface area contributed by atoms with E-state index in [4.69, 9.17) is 28.7 Å². The third-order valence-corrected chi connectivity index (χ3v) is 14.0. The van der Waals surface area contributed by atoms with Crippen molar-refractivity contribution in [2.45, 2.75) is 126 Å². The second-order valence-corrected chi connectivity index (χ2v) is 19.6. The maximum absolute atomic E-state index is 14.5. The minimum Gasteiger partial charge on any atom is -0.508 e. The number of nitrogens with two attached hydrogens (primary N) is 5. The standard InChI is InChI=1S/C43H67N13O12S2/c1-3-22(2)35-42(67)51-27(13-14-32(46)58)38(63)53-29(18-33(47)59)39(64)54-30(21-70-69-20-25(45)36(61)52-28(40(65)55-35)17-23-9-11-24(57)12-10-23)43(68)56-16-6-8-31(56)41(66)50-26(7-4-5-15-44)37(62)49-19-34(48)60/h9-12,22,25-31,35,57H,3-8,13-21,44-45H2,1-2H3,(H2,46,58)(H2,47,59)(H2,48,60)(H,49,62)(H,50,66)(H,51,67)(H,52,61)(H,53,63)(H,54,64)(H,55,65)/t22-,25-,26-,27?,28-,29-,30-,31-,35-/m0/s1. The number of amides is 11. The lowest BCUT2D eigenvalue weighted by Gasteiger charge is -2.31. The van der Waals surface area contributed by atoms with E-state index in [9.17, 15) is 57.8 Å². The highest BCUT2D eigenvalue weighted by Crippen LogP contribution is 2.26. The van der Waals surface area contributed by atoms with E-state index in [0.29, 0.717) is 37.8 Å². The van der Waals surface area contributed by atoms with Gasteiger partial charge in [0.1, 0.15) is 48.0 Å². The maximum Gasteiger partial charge on any atom is 0.246 e. The third-order valence-electron chi connectivity index (χ3n) is 11.5. The van der Waals surface area contributed by atoms with Crippen LogP contribution in [0.5, 0.6) is 5.75 Å². The quantitative estimate of drug-likeness (QED) is 0.0459. The molecule has 0 spiro atoms. The van der Waals surface area contributed by atoms with Gasteiger partial charge in [-0.3, -0.25) is 52.7 Å². The lowest BCUT2D eigenvalue weighted by atomic mass is 9.96. The van der Waals surface area contributed by atoms with Crippen molar-refractivity contribution in [1.29, 1.82) is 0 Å². The van der Waals surface area contributed by atoms with Crippen LogP contribution in [0.3, 0.4) is 0 Å². The number of rotatable bonds is 19. The van der Waals surface area contributed by atoms with E-state index in [1.807, 2.05) is 0 Å². The highest BCUT2D eigenvalue weighted by molar-refractivity contribution is 8.76. The number of carbonyl (C=O) groups excluding carboxylic acids is 11. The van der Waals surface area contributed by atoms with Gasteiger partial charge < -0.3 is 75.9 Å². The van der Waals surface area contributed by atoms with E-state index in [-0.39, 0.29) is 43.1 Å². The van der Waals surface area contributed by atoms with E-state index in [0.717, 1.165) is 21.6 Å². The van der Waals surface area contributed by atoms with Gasteiger partial charge in [-0.1, -0.05) is 54.0 Å². The van der Waals surface area contributed by atoms with Crippen LogP contribution in [0.4, 0.5) is 0 Å². The molecule has 0 aromatic heterocycles. The summed E-state index contributed by atoms with van der Waals surface area (Å²) in [4.78, 5) is 148. The molecular formula is C43H67N13O12S2. The first-order valence-corrected chi connectivity index (χ1v) is 25.4. The molecular weight excluding hydrogens is 955 g/mol. The first-order chi connectivity index (χ1) is 33.1. The lowest BCUT2D eigenvalue weighted by molar-refractivity contribution is -0.142. The molecule has 1 unspecified atom stereocenters. The number of nitrogens with one attached hydrogen (secondary N) is 7. The van der Waals surface area contributed by atoms with Crippen LogP contribution in [0, 0.1) is 5.92 Å². The Morgan fingerprint density at radius 2 is 1.43 bits per heavy atom. The van der Waals surface area contributed by atoms with Crippen molar-refractivity contribution in [3.8, 4) is 5.75 Å². The van der Waals surface area contributed by atoms with Gasteiger partial charge in [-0.15, -0.1) is 0 Å². The van der Waals surface area contributed by atoms with Crippen molar-refractivity contribution in [3.05, 3.63) is 29.8 Å². The van der Waals surface area contributed by atoms with Crippen LogP contribution in [-0.4, -0.2) is 154 Å². The number of phenolic OH excluding ortho intramolecular Hbond substituents is 1. The Morgan fingerprint density at radius 3 is 2.06 bits per heavy atom. The second-order valence-electron chi connectivity index (χ2n) is 17.1. The minimum absolute atomic E-state index is 0.0388. The molecule has 0 bridgehead atoms. The normalized spacial score (nSPS) is 24.0. The van der Waals surface area contributed by atoms with Crippen LogP contribution >= 0.6 is 21.6 Å². The zero-order chi connectivity index (χ0) is 52.1. The van der Waals surface area contributed by atoms with Gasteiger partial charge in [-0.05, 0) is 68.7 Å². The molecule has 2 aliphatic rings. The number of benzene rings is 1. The monoisotopic (exact) mass is 1020 g/mol. The van der Waals surface area contributed by atoms with Crippen LogP contribution in [0.25, 0.3) is 0 Å². The second kappa shape index (κ2) is 29.1. The molecule has 27 heteroatoms. The summed E-state index contributed by atoms with van der Waals surface area (Å²) in [5, 5.41) is 27.7. The van der Waals surface area contributed by atoms with Gasteiger partial charge in [-0.25, -0.2) is 0 Å². The molecule has 2 saturated heterocycles. The average Bonchev–Trinajstić information content (AvgIpc) is 3.81. The van der Waals surface area contributed by atoms with Crippen molar-refractivity contribution in [2.24, 2.45) is 34.6 Å². The molecule has 388 valence electrons. The molecule has 0 saturated carbocycles. The Bertz CT molecular complexity index is 2050. The minimum atomic E-state index is -1.76. The Balaban J connectivity index is 2.04. The van der Waals surface area contributed by atoms with E-state index in [1.165, 1.54) is 29.2 Å². The highest BCUT2D eigenvalue weighted by Gasteiger charge is 2.41. The number of primary amides is 3. The number of hydrogen-bond donors (Lipinski definition) is 13. The summed E-state index contributed by atoms with van der Waals surface area (Å²) < 4.78 is 0. The Kier molecular flexibility index (Phi) is 24.2. The number of likely N-dealkylation sites (tertiary alicyclic amines) is 1. The van der Waals surface area contributed by atoms with Gasteiger partial charge in [0.25, 0.3) is 0 Å². The maximum atomic E-state index is 14.5. The number of aromatic hydroxyl groups is 1. The fourth-order valence-corrected chi connectivity index (χ4v) is 9.68. The number of nitrogens with zero attached hydrogens (tertiary/aromatic N) is 1. The number of carbonyl (C=O) groups is 11. The fraction of sp³-hybridized carbons (Fsp3) is 0.605. The largest absolute Gasteiger partial charge is 0.508 e. The summed E-state index contributed by atoms with van der Waals surface area (Å²) in [7, 11) is 2.04. The van der Waals surface area contributed by atoms with Gasteiger partial charge in [0.2, 0.25) is 65.0 Å². The smallest absolute Gasteiger partial charge is 0.246 e. The Hall–Kier alpha value is -6.19. The van der Waals surface area contributed by atoms with E-state index in [1.54, 1.807) is 13.8 Å². The summed E-state index contributed by atoms with van der Waals surface area (Å²) >= 11 is 0. The number of hydrogen-bond acceptors (Lipinski definition) is 16. The summed E-state index contributed by atoms with van der Waals surface area (Å²) in [6.45, 7) is 3.26. The summed E-state index contributed by atoms with van der Waals surface area (Å²) in [5.74, 6) is -10.4. The zero-order valence-electron chi connectivity index (χ0n) is 39.2. The molecule has 9 atom stereocenters. The molecule has 18 N–H and O–H groups in total. The van der Waals surface area contributed by atoms with Crippen LogP contribution in [0.2, 0.25) is 0 Å². The van der Waals surface area contributed by atoms with Gasteiger partial charge >= 0.3 is 0 Å². The molecule has 3 rings (SSSR count). The Morgan fingerprint density at radius 1 is 0.800 bits per heavy atom. The molecule has 25 nitrogen and oxygen atoms in total. The molecule has 11 amide bonds. The molecule has 0 radical (unpaired) electrons. The first-order valence-electron chi connectivity index (χ1n) is 22.9. The van der Waals surface area contributed by atoms with Crippen molar-refractivity contribution in [2.75, 3.05) is 31.1 Å². The third kappa shape index (κ3) is 19.0. The van der Waals surface area contributed by atoms with Crippen LogP contribution in [0.1, 0.15) is 77.2 Å². The SMILES string of the molecule is CC[C@H](C)[C@@H]1NC(=O)[C@H](Cc2ccc(O)cc2)NC(=O)[C@@H](N)CSSC[C@@H](C(=O)N2CCC[C@H]2C(=O)N[C@@H](CCCCN)C(=O)NCC(N)=O)NC(=O)[C@H](CC(N)=O)NC(=O)C(CCC(N)=O)NC1=O. The molecule has 1 aromatic carbocycles. The fourth-order valence-electron chi connectivity index (χ4n) is 7.40. The molecule has 2 aliphatic heterocycles. The molecule has 2 heterocycles. The number of unbranched alkanes of at least 4 members (excludes halogenated alkanes) is 1. The Labute approximate surface area is 412 Å². The van der Waals surface area contributed by atoms with Gasteiger partial charge in [0, 0.05) is 30.9 Å². The van der Waals surface area contributed by atoms with E-state index >= 15 is 0 Å². The average molecular weight is 1020 g/mol. The van der Waals surface area contributed by atoms with Crippen LogP contribution in [-0.2, 0) is 59.2 Å². The van der Waals surface area contributed by atoms with Gasteiger partial charge in [0.05, 0.1) is 19.0 Å². The topological polar surface area (TPSA) is 426 Å². The molecule has 2 fully saturated rings. The highest BCUT2D eigenvalue weighted by atomic mass is 33.1. The molecule has 70 heavy (non-hydrogen) atoms. The molecule has 1 aromatic rings. The summed E-state index contributed by atoms with van der Waals surface area (Å²) in [6.07, 6.45) is 0.187. The van der Waals surface area contributed by atoms with Crippen LogP contribution < -0.4 is 65.9 Å². The van der Waals surface area contributed by atoms with Gasteiger partial charge in [-0.2, -0.15) is 0 Å². The first kappa shape index (κ1) is 58.1. The van der Waals surface area contributed by atoms with E-state index in [2.05, 4.69) is 37.2 Å². The summed E-state index contributed by atoms with van der Waals surface area (Å²) in [6, 6.07) is -5.13. The number of phenols is 1. The van der Waals surface area contributed by atoms with E-state index < -0.39 is 145 Å².